The third-order valence-corrected chi connectivity index (χ3v) is 12.2. The molecule has 0 amide bonds. The second-order valence-electron chi connectivity index (χ2n) is 5.15. The van der Waals surface area contributed by atoms with Crippen molar-refractivity contribution >= 4 is 39.2 Å². The fourth-order valence-corrected chi connectivity index (χ4v) is 8.60. The normalized spacial score (nSPS) is 13.1. The second-order valence-corrected chi connectivity index (χ2v) is 16.0. The van der Waals surface area contributed by atoms with Crippen molar-refractivity contribution in [2.45, 2.75) is 78.1 Å². The molecule has 0 aromatic heterocycles. The van der Waals surface area contributed by atoms with E-state index in [1.165, 1.54) is 51.4 Å². The van der Waals surface area contributed by atoms with Gasteiger partial charge in [-0.1, -0.05) is 65.2 Å². The quantitative estimate of drug-likeness (QED) is 0.207. The predicted octanol–water partition coefficient (Wildman–Crippen LogP) is 4.67. The van der Waals surface area contributed by atoms with E-state index >= 15 is 0 Å². The minimum Gasteiger partial charge on any atom is -0.859 e. The van der Waals surface area contributed by atoms with Crippen LogP contribution in [0.1, 0.15) is 78.1 Å². The van der Waals surface area contributed by atoms with Gasteiger partial charge in [0.05, 0.1) is 0 Å². The molecular weight excluding hydrogens is 367 g/mol. The van der Waals surface area contributed by atoms with Gasteiger partial charge in [-0.15, -0.1) is 0 Å². The van der Waals surface area contributed by atoms with Crippen LogP contribution in [0.2, 0.25) is 0 Å². The van der Waals surface area contributed by atoms with Gasteiger partial charge in [-0.25, -0.2) is 0 Å². The molecule has 0 heterocycles. The van der Waals surface area contributed by atoms with Crippen LogP contribution in [0.5, 0.6) is 0 Å². The van der Waals surface area contributed by atoms with Gasteiger partial charge in [0.15, 0.2) is 0 Å². The van der Waals surface area contributed by atoms with Crippen LogP contribution in [0.3, 0.4) is 0 Å². The second kappa shape index (κ2) is 15.8. The van der Waals surface area contributed by atoms with Crippen LogP contribution in [0.4, 0.5) is 0 Å². The summed E-state index contributed by atoms with van der Waals surface area (Å²) in [7, 11) is -0.167. The molecule has 0 rings (SSSR count). The van der Waals surface area contributed by atoms with Crippen LogP contribution in [0.25, 0.3) is 0 Å². The Balaban J connectivity index is 0. The van der Waals surface area contributed by atoms with E-state index in [0.717, 1.165) is 24.3 Å². The van der Waals surface area contributed by atoms with Gasteiger partial charge in [0.2, 0.25) is 0 Å². The summed E-state index contributed by atoms with van der Waals surface area (Å²) >= 11 is 10.2. The Morgan fingerprint density at radius 3 is 1.50 bits per heavy atom. The summed E-state index contributed by atoms with van der Waals surface area (Å²) < 4.78 is -2.69. The van der Waals surface area contributed by atoms with Crippen molar-refractivity contribution in [1.82, 2.24) is 0 Å². The number of hydrogen-bond acceptors (Lipinski definition) is 3. The molecule has 0 N–H and O–H groups in total. The van der Waals surface area contributed by atoms with Gasteiger partial charge < -0.3 is 34.1 Å². The van der Waals surface area contributed by atoms with Crippen molar-refractivity contribution in [2.24, 2.45) is 0 Å². The molecule has 0 fully saturated rings. The molecule has 0 aliphatic carbocycles. The Morgan fingerprint density at radius 1 is 0.750 bits per heavy atom. The molecule has 0 saturated heterocycles. The monoisotopic (exact) mass is 397 g/mol. The Kier molecular flexibility index (Phi) is 19.2. The van der Waals surface area contributed by atoms with Gasteiger partial charge in [0, 0.05) is 0 Å². The molecule has 6 heteroatoms. The van der Waals surface area contributed by atoms with Crippen molar-refractivity contribution in [3.8, 4) is 0 Å². The molecular formula is C14H30FeOPS3. The Bertz CT molecular complexity index is 261. The molecule has 0 bridgehead atoms. The van der Waals surface area contributed by atoms with Crippen molar-refractivity contribution in [3.05, 3.63) is 0 Å². The first-order valence-corrected chi connectivity index (χ1v) is 13.6. The van der Waals surface area contributed by atoms with Crippen LogP contribution in [-0.2, 0) is 51.6 Å². The SMILES string of the molecule is CCCCCCCCS(CCCCCC)=P([O-])([S-])[S-].[Fe+3]. The van der Waals surface area contributed by atoms with E-state index in [1.54, 1.807) is 0 Å². The maximum Gasteiger partial charge on any atom is 3.00 e. The molecule has 1 radical (unpaired) electrons. The van der Waals surface area contributed by atoms with E-state index in [-0.39, 0.29) is 27.1 Å². The average Bonchev–Trinajstić information content (AvgIpc) is 2.34. The predicted molar refractivity (Wildman–Crippen MR) is 96.3 cm³/mol. The summed E-state index contributed by atoms with van der Waals surface area (Å²) in [5, 5.41) is 0. The third kappa shape index (κ3) is 14.9. The van der Waals surface area contributed by atoms with Gasteiger partial charge in [0.1, 0.15) is 0 Å². The van der Waals surface area contributed by atoms with Gasteiger partial charge in [0.25, 0.3) is 0 Å². The largest absolute Gasteiger partial charge is 3.00 e. The molecule has 1 unspecified atom stereocenters. The van der Waals surface area contributed by atoms with Crippen molar-refractivity contribution in [2.75, 3.05) is 11.5 Å². The zero-order chi connectivity index (χ0) is 14.6. The van der Waals surface area contributed by atoms with Crippen LogP contribution >= 0.6 is 4.67 Å². The summed E-state index contributed by atoms with van der Waals surface area (Å²) in [6.07, 6.45) is 12.6. The first-order chi connectivity index (χ1) is 9.02. The molecule has 1 nitrogen and oxygen atoms in total. The first kappa shape index (κ1) is 24.2. The van der Waals surface area contributed by atoms with Gasteiger partial charge in [-0.05, 0) is 24.3 Å². The van der Waals surface area contributed by atoms with Crippen molar-refractivity contribution in [3.63, 3.8) is 0 Å². The number of rotatable bonds is 12. The summed E-state index contributed by atoms with van der Waals surface area (Å²) in [4.78, 5) is 12.0. The van der Waals surface area contributed by atoms with Crippen LogP contribution in [0, 0.1) is 0 Å². The zero-order valence-electron chi connectivity index (χ0n) is 12.9. The summed E-state index contributed by atoms with van der Waals surface area (Å²) in [5.74, 6) is 2.03. The van der Waals surface area contributed by atoms with Crippen LogP contribution in [0.15, 0.2) is 0 Å². The van der Waals surface area contributed by atoms with E-state index < -0.39 is 4.67 Å². The standard InChI is InChI=1S/C14H30OPS3.Fe/c1-3-5-7-9-10-12-14-19(16(15,17)18)13-11-8-6-4-2;/h3-14H2,1-2H3;/q-3;+3. The molecule has 0 aliphatic rings. The molecule has 0 spiro atoms. The van der Waals surface area contributed by atoms with E-state index in [2.05, 4.69) is 13.8 Å². The Labute approximate surface area is 150 Å². The average molecular weight is 397 g/mol. The Morgan fingerprint density at radius 2 is 1.10 bits per heavy atom. The summed E-state index contributed by atoms with van der Waals surface area (Å²) in [6.45, 7) is 4.44. The molecule has 1 atom stereocenters. The smallest absolute Gasteiger partial charge is 0.859 e. The maximum absolute atomic E-state index is 12.0. The van der Waals surface area contributed by atoms with E-state index in [1.807, 2.05) is 0 Å². The molecule has 0 aromatic rings. The Hall–Kier alpha value is 1.96. The third-order valence-electron chi connectivity index (χ3n) is 3.28. The topological polar surface area (TPSA) is 23.1 Å². The molecule has 20 heavy (non-hydrogen) atoms. The van der Waals surface area contributed by atoms with Gasteiger partial charge in [-0.3, -0.25) is 10.1 Å². The summed E-state index contributed by atoms with van der Waals surface area (Å²) in [6, 6.07) is 0. The van der Waals surface area contributed by atoms with Crippen LogP contribution < -0.4 is 4.89 Å². The van der Waals surface area contributed by atoms with E-state index in [0.29, 0.717) is 0 Å². The molecule has 0 aromatic carbocycles. The molecule has 0 saturated carbocycles. The minimum absolute atomic E-state index is 0. The van der Waals surface area contributed by atoms with E-state index in [9.17, 15) is 4.89 Å². The van der Waals surface area contributed by atoms with Crippen molar-refractivity contribution in [1.29, 1.82) is 0 Å². The van der Waals surface area contributed by atoms with Crippen LogP contribution in [-0.4, -0.2) is 11.5 Å². The first-order valence-electron chi connectivity index (χ1n) is 7.72. The summed E-state index contributed by atoms with van der Waals surface area (Å²) in [5.41, 5.74) is 0. The fourth-order valence-electron chi connectivity index (χ4n) is 2.07. The fraction of sp³-hybridized carbons (Fsp3) is 1.00. The molecule has 0 aliphatic heterocycles. The van der Waals surface area contributed by atoms with Crippen molar-refractivity contribution < 1.29 is 22.0 Å². The van der Waals surface area contributed by atoms with E-state index in [4.69, 9.17) is 24.5 Å². The van der Waals surface area contributed by atoms with Gasteiger partial charge >= 0.3 is 17.1 Å². The minimum atomic E-state index is -2.69. The molecule has 123 valence electrons. The number of hydrogen-bond donors (Lipinski definition) is 0. The number of unbranched alkanes of at least 4 members (excludes halogenated alkanes) is 8. The zero-order valence-corrected chi connectivity index (χ0v) is 17.4. The van der Waals surface area contributed by atoms with Gasteiger partial charge in [-0.2, -0.15) is 0 Å². The maximum atomic E-state index is 12.0.